The fraction of sp³-hybridized carbons (Fsp3) is 0.727. The Morgan fingerprint density at radius 1 is 1.24 bits per heavy atom. The van der Waals surface area contributed by atoms with Crippen molar-refractivity contribution in [3.8, 4) is 0 Å². The number of carboxylic acid groups (broad SMARTS) is 1. The molecule has 2 rings (SSSR count). The zero-order valence-electron chi connectivity index (χ0n) is 9.46. The maximum absolute atomic E-state index is 12.0. The van der Waals surface area contributed by atoms with Crippen molar-refractivity contribution in [1.82, 2.24) is 4.90 Å². The molecule has 6 nitrogen and oxygen atoms in total. The highest BCUT2D eigenvalue weighted by Crippen LogP contribution is 2.40. The first-order chi connectivity index (χ1) is 8.00. The number of carbonyl (C=O) groups excluding carboxylic acids is 2. The minimum Gasteiger partial charge on any atom is -0.481 e. The van der Waals surface area contributed by atoms with Crippen LogP contribution in [0.3, 0.4) is 0 Å². The van der Waals surface area contributed by atoms with Gasteiger partial charge in [0.1, 0.15) is 0 Å². The topological polar surface area (TPSA) is 101 Å². The molecule has 0 aromatic heterocycles. The second-order valence-corrected chi connectivity index (χ2v) is 4.81. The van der Waals surface area contributed by atoms with Gasteiger partial charge < -0.3 is 15.7 Å². The molecule has 0 spiro atoms. The van der Waals surface area contributed by atoms with Crippen molar-refractivity contribution in [2.45, 2.75) is 19.3 Å². The molecular formula is C11H16N2O4. The Morgan fingerprint density at radius 2 is 1.94 bits per heavy atom. The number of primary amides is 1. The molecule has 6 heteroatoms. The Morgan fingerprint density at radius 3 is 2.47 bits per heavy atom. The Hall–Kier alpha value is -1.59. The Labute approximate surface area is 98.8 Å². The molecule has 0 aromatic rings. The van der Waals surface area contributed by atoms with Gasteiger partial charge in [-0.05, 0) is 19.3 Å². The number of piperidine rings is 1. The molecule has 1 saturated heterocycles. The summed E-state index contributed by atoms with van der Waals surface area (Å²) in [4.78, 5) is 35.3. The lowest BCUT2D eigenvalue weighted by molar-refractivity contribution is -0.143. The SMILES string of the molecule is NC(=O)[C@@H]1CCCN(C(=O)[C@@H]2C[C@@H]2C(=O)O)C1. The van der Waals surface area contributed by atoms with E-state index in [1.807, 2.05) is 0 Å². The molecular weight excluding hydrogens is 224 g/mol. The van der Waals surface area contributed by atoms with Crippen LogP contribution in [0.25, 0.3) is 0 Å². The third kappa shape index (κ3) is 2.40. The van der Waals surface area contributed by atoms with E-state index in [1.54, 1.807) is 4.90 Å². The molecule has 2 fully saturated rings. The number of hydrogen-bond donors (Lipinski definition) is 2. The largest absolute Gasteiger partial charge is 0.481 e. The predicted molar refractivity (Wildman–Crippen MR) is 57.7 cm³/mol. The van der Waals surface area contributed by atoms with Crippen LogP contribution < -0.4 is 5.73 Å². The predicted octanol–water partition coefficient (Wildman–Crippen LogP) is -0.569. The van der Waals surface area contributed by atoms with Gasteiger partial charge in [0.2, 0.25) is 11.8 Å². The van der Waals surface area contributed by atoms with Crippen molar-refractivity contribution >= 4 is 17.8 Å². The van der Waals surface area contributed by atoms with E-state index in [9.17, 15) is 14.4 Å². The lowest BCUT2D eigenvalue weighted by Gasteiger charge is -2.31. The molecule has 1 aliphatic heterocycles. The summed E-state index contributed by atoms with van der Waals surface area (Å²) < 4.78 is 0. The second-order valence-electron chi connectivity index (χ2n) is 4.81. The van der Waals surface area contributed by atoms with Crippen LogP contribution in [0.2, 0.25) is 0 Å². The van der Waals surface area contributed by atoms with Crippen LogP contribution in [0.1, 0.15) is 19.3 Å². The molecule has 0 bridgehead atoms. The van der Waals surface area contributed by atoms with Crippen molar-refractivity contribution in [1.29, 1.82) is 0 Å². The van der Waals surface area contributed by atoms with E-state index in [1.165, 1.54) is 0 Å². The number of likely N-dealkylation sites (tertiary alicyclic amines) is 1. The lowest BCUT2D eigenvalue weighted by Crippen LogP contribution is -2.45. The first kappa shape index (κ1) is 11.9. The van der Waals surface area contributed by atoms with Crippen molar-refractivity contribution < 1.29 is 19.5 Å². The molecule has 0 aromatic carbocycles. The number of rotatable bonds is 3. The summed E-state index contributed by atoms with van der Waals surface area (Å²) in [6, 6.07) is 0. The Bertz CT molecular complexity index is 368. The summed E-state index contributed by atoms with van der Waals surface area (Å²) in [6.07, 6.45) is 1.89. The number of carbonyl (C=O) groups is 3. The molecule has 2 aliphatic rings. The number of nitrogens with zero attached hydrogens (tertiary/aromatic N) is 1. The summed E-state index contributed by atoms with van der Waals surface area (Å²) in [5, 5.41) is 8.77. The minimum atomic E-state index is -0.910. The van der Waals surface area contributed by atoms with Gasteiger partial charge >= 0.3 is 5.97 Å². The molecule has 1 aliphatic carbocycles. The molecule has 94 valence electrons. The van der Waals surface area contributed by atoms with Gasteiger partial charge in [0.25, 0.3) is 0 Å². The Kier molecular flexibility index (Phi) is 3.04. The first-order valence-corrected chi connectivity index (χ1v) is 5.81. The average molecular weight is 240 g/mol. The van der Waals surface area contributed by atoms with E-state index < -0.39 is 11.9 Å². The quantitative estimate of drug-likeness (QED) is 0.689. The van der Waals surface area contributed by atoms with E-state index in [0.717, 1.165) is 6.42 Å². The Balaban J connectivity index is 1.92. The zero-order chi connectivity index (χ0) is 12.6. The van der Waals surface area contributed by atoms with Crippen LogP contribution in [0.4, 0.5) is 0 Å². The molecule has 0 unspecified atom stereocenters. The molecule has 3 atom stereocenters. The number of aliphatic carboxylic acids is 1. The smallest absolute Gasteiger partial charge is 0.307 e. The minimum absolute atomic E-state index is 0.136. The third-order valence-electron chi connectivity index (χ3n) is 3.56. The van der Waals surface area contributed by atoms with Gasteiger partial charge in [0.05, 0.1) is 17.8 Å². The fourth-order valence-corrected chi connectivity index (χ4v) is 2.38. The zero-order valence-corrected chi connectivity index (χ0v) is 9.46. The molecule has 0 radical (unpaired) electrons. The summed E-state index contributed by atoms with van der Waals surface area (Å²) >= 11 is 0. The van der Waals surface area contributed by atoms with Gasteiger partial charge in [0.15, 0.2) is 0 Å². The van der Waals surface area contributed by atoms with Crippen molar-refractivity contribution in [2.75, 3.05) is 13.1 Å². The highest BCUT2D eigenvalue weighted by atomic mass is 16.4. The van der Waals surface area contributed by atoms with Crippen LogP contribution in [0.5, 0.6) is 0 Å². The summed E-state index contributed by atoms with van der Waals surface area (Å²) in [6.45, 7) is 0.947. The van der Waals surface area contributed by atoms with Crippen LogP contribution in [0, 0.1) is 17.8 Å². The normalized spacial score (nSPS) is 32.0. The number of amides is 2. The average Bonchev–Trinajstić information content (AvgIpc) is 3.08. The van der Waals surface area contributed by atoms with E-state index in [-0.39, 0.29) is 23.7 Å². The third-order valence-corrected chi connectivity index (χ3v) is 3.56. The fourth-order valence-electron chi connectivity index (χ4n) is 2.38. The van der Waals surface area contributed by atoms with Gasteiger partial charge in [-0.2, -0.15) is 0 Å². The van der Waals surface area contributed by atoms with Crippen LogP contribution in [0.15, 0.2) is 0 Å². The van der Waals surface area contributed by atoms with Crippen molar-refractivity contribution in [3.63, 3.8) is 0 Å². The van der Waals surface area contributed by atoms with E-state index >= 15 is 0 Å². The van der Waals surface area contributed by atoms with Gasteiger partial charge in [-0.1, -0.05) is 0 Å². The van der Waals surface area contributed by atoms with Gasteiger partial charge in [-0.3, -0.25) is 14.4 Å². The van der Waals surface area contributed by atoms with Crippen molar-refractivity contribution in [3.05, 3.63) is 0 Å². The molecule has 3 N–H and O–H groups in total. The monoisotopic (exact) mass is 240 g/mol. The molecule has 1 heterocycles. The van der Waals surface area contributed by atoms with E-state index in [0.29, 0.717) is 25.9 Å². The van der Waals surface area contributed by atoms with Crippen LogP contribution >= 0.6 is 0 Å². The maximum atomic E-state index is 12.0. The van der Waals surface area contributed by atoms with E-state index in [4.69, 9.17) is 10.8 Å². The number of carboxylic acids is 1. The summed E-state index contributed by atoms with van der Waals surface area (Å²) in [7, 11) is 0. The highest BCUT2D eigenvalue weighted by molar-refractivity contribution is 5.90. The first-order valence-electron chi connectivity index (χ1n) is 5.81. The standard InChI is InChI=1S/C11H16N2O4/c12-9(14)6-2-1-3-13(5-6)10(15)7-4-8(7)11(16)17/h6-8H,1-5H2,(H2,12,14)(H,16,17)/t6-,7-,8+/m1/s1. The lowest BCUT2D eigenvalue weighted by atomic mass is 9.97. The maximum Gasteiger partial charge on any atom is 0.307 e. The summed E-state index contributed by atoms with van der Waals surface area (Å²) in [5.74, 6) is -2.63. The van der Waals surface area contributed by atoms with E-state index in [2.05, 4.69) is 0 Å². The van der Waals surface area contributed by atoms with Gasteiger partial charge in [-0.15, -0.1) is 0 Å². The molecule has 1 saturated carbocycles. The van der Waals surface area contributed by atoms with Crippen LogP contribution in [-0.2, 0) is 14.4 Å². The highest BCUT2D eigenvalue weighted by Gasteiger charge is 2.50. The van der Waals surface area contributed by atoms with Gasteiger partial charge in [-0.25, -0.2) is 0 Å². The van der Waals surface area contributed by atoms with Crippen LogP contribution in [-0.4, -0.2) is 40.9 Å². The molecule has 2 amide bonds. The number of hydrogen-bond acceptors (Lipinski definition) is 3. The summed E-state index contributed by atoms with van der Waals surface area (Å²) in [5.41, 5.74) is 5.23. The number of nitrogens with two attached hydrogens (primary N) is 1. The van der Waals surface area contributed by atoms with Gasteiger partial charge in [0, 0.05) is 13.1 Å². The molecule has 17 heavy (non-hydrogen) atoms. The second kappa shape index (κ2) is 4.35. The van der Waals surface area contributed by atoms with Crippen molar-refractivity contribution in [2.24, 2.45) is 23.5 Å².